The minimum atomic E-state index is 0.00692. The predicted molar refractivity (Wildman–Crippen MR) is 72.1 cm³/mol. The molecule has 0 unspecified atom stereocenters. The molecule has 4 heteroatoms. The fourth-order valence-electron chi connectivity index (χ4n) is 3.15. The van der Waals surface area contributed by atoms with Crippen molar-refractivity contribution in [3.05, 3.63) is 22.1 Å². The van der Waals surface area contributed by atoms with Gasteiger partial charge in [0.25, 0.3) is 5.56 Å². The van der Waals surface area contributed by atoms with E-state index in [4.69, 9.17) is 4.98 Å². The summed E-state index contributed by atoms with van der Waals surface area (Å²) in [6.07, 6.45) is 8.64. The van der Waals surface area contributed by atoms with Gasteiger partial charge in [0.1, 0.15) is 0 Å². The van der Waals surface area contributed by atoms with Crippen LogP contribution in [0, 0.1) is 0 Å². The van der Waals surface area contributed by atoms with Gasteiger partial charge in [0.2, 0.25) is 5.95 Å². The second kappa shape index (κ2) is 5.12. The zero-order chi connectivity index (χ0) is 12.4. The lowest BCUT2D eigenvalue weighted by Crippen LogP contribution is -2.32. The molecule has 0 bridgehead atoms. The summed E-state index contributed by atoms with van der Waals surface area (Å²) in [5.74, 6) is 1.31. The van der Waals surface area contributed by atoms with E-state index in [2.05, 4.69) is 9.88 Å². The van der Waals surface area contributed by atoms with Gasteiger partial charge in [-0.1, -0.05) is 12.8 Å². The highest BCUT2D eigenvalue weighted by Gasteiger charge is 2.21. The van der Waals surface area contributed by atoms with Crippen LogP contribution in [-0.4, -0.2) is 23.1 Å². The van der Waals surface area contributed by atoms with Gasteiger partial charge in [0.15, 0.2) is 0 Å². The average molecular weight is 247 g/mol. The second-order valence-electron chi connectivity index (χ2n) is 5.52. The fraction of sp³-hybridized carbons (Fsp3) is 0.714. The first-order valence-electron chi connectivity index (χ1n) is 7.19. The van der Waals surface area contributed by atoms with Crippen molar-refractivity contribution in [3.8, 4) is 0 Å². The Labute approximate surface area is 107 Å². The Morgan fingerprint density at radius 2 is 1.83 bits per heavy atom. The van der Waals surface area contributed by atoms with Crippen LogP contribution in [0.5, 0.6) is 0 Å². The van der Waals surface area contributed by atoms with Crippen LogP contribution in [0.25, 0.3) is 0 Å². The molecule has 1 saturated heterocycles. The molecule has 0 radical (unpaired) electrons. The van der Waals surface area contributed by atoms with Crippen molar-refractivity contribution in [2.24, 2.45) is 0 Å². The molecule has 3 rings (SSSR count). The zero-order valence-electron chi connectivity index (χ0n) is 10.8. The van der Waals surface area contributed by atoms with Gasteiger partial charge in [-0.25, -0.2) is 4.98 Å². The largest absolute Gasteiger partial charge is 0.342 e. The van der Waals surface area contributed by atoms with Gasteiger partial charge in [-0.05, 0) is 32.1 Å². The van der Waals surface area contributed by atoms with Crippen LogP contribution < -0.4 is 10.5 Å². The molecule has 18 heavy (non-hydrogen) atoms. The molecule has 1 aliphatic carbocycles. The Bertz CT molecular complexity index is 456. The maximum atomic E-state index is 11.8. The Morgan fingerprint density at radius 3 is 2.56 bits per heavy atom. The van der Waals surface area contributed by atoms with E-state index in [9.17, 15) is 4.79 Å². The third-order valence-electron chi connectivity index (χ3n) is 4.18. The van der Waals surface area contributed by atoms with E-state index >= 15 is 0 Å². The summed E-state index contributed by atoms with van der Waals surface area (Å²) in [4.78, 5) is 21.6. The normalized spacial score (nSPS) is 21.4. The summed E-state index contributed by atoms with van der Waals surface area (Å²) in [7, 11) is 0. The summed E-state index contributed by atoms with van der Waals surface area (Å²) < 4.78 is 0. The first-order chi connectivity index (χ1) is 8.83. The van der Waals surface area contributed by atoms with Crippen LogP contribution in [0.4, 0.5) is 5.95 Å². The average Bonchev–Trinajstić information content (AvgIpc) is 2.93. The molecule has 98 valence electrons. The Hall–Kier alpha value is -1.32. The summed E-state index contributed by atoms with van der Waals surface area (Å²) in [6.45, 7) is 2.05. The number of anilines is 1. The van der Waals surface area contributed by atoms with Crippen molar-refractivity contribution in [3.63, 3.8) is 0 Å². The van der Waals surface area contributed by atoms with Gasteiger partial charge in [-0.15, -0.1) is 0 Å². The summed E-state index contributed by atoms with van der Waals surface area (Å²) >= 11 is 0. The first kappa shape index (κ1) is 11.8. The summed E-state index contributed by atoms with van der Waals surface area (Å²) in [5.41, 5.74) is 1.02. The van der Waals surface area contributed by atoms with Gasteiger partial charge < -0.3 is 4.90 Å². The predicted octanol–water partition coefficient (Wildman–Crippen LogP) is 2.42. The van der Waals surface area contributed by atoms with Crippen molar-refractivity contribution in [2.45, 2.75) is 50.9 Å². The SMILES string of the molecule is O=c1cc(C2CCCC2)nc(N2CCCCC2)[nH]1. The highest BCUT2D eigenvalue weighted by atomic mass is 16.1. The number of aromatic amines is 1. The number of hydrogen-bond acceptors (Lipinski definition) is 3. The van der Waals surface area contributed by atoms with Crippen LogP contribution in [0.3, 0.4) is 0 Å². The zero-order valence-corrected chi connectivity index (χ0v) is 10.8. The van der Waals surface area contributed by atoms with E-state index in [-0.39, 0.29) is 5.56 Å². The van der Waals surface area contributed by atoms with E-state index in [0.717, 1.165) is 24.7 Å². The molecule has 1 N–H and O–H groups in total. The van der Waals surface area contributed by atoms with Crippen LogP contribution in [0.2, 0.25) is 0 Å². The van der Waals surface area contributed by atoms with Crippen molar-refractivity contribution in [1.29, 1.82) is 0 Å². The van der Waals surface area contributed by atoms with E-state index in [1.54, 1.807) is 6.07 Å². The molecule has 0 spiro atoms. The molecule has 1 aromatic rings. The van der Waals surface area contributed by atoms with Crippen LogP contribution in [0.15, 0.2) is 10.9 Å². The Balaban J connectivity index is 1.87. The maximum Gasteiger partial charge on any atom is 0.252 e. The van der Waals surface area contributed by atoms with Crippen molar-refractivity contribution in [2.75, 3.05) is 18.0 Å². The topological polar surface area (TPSA) is 49.0 Å². The summed E-state index contributed by atoms with van der Waals surface area (Å²) in [5, 5.41) is 0. The van der Waals surface area contributed by atoms with Crippen molar-refractivity contribution < 1.29 is 0 Å². The highest BCUT2D eigenvalue weighted by molar-refractivity contribution is 5.31. The maximum absolute atomic E-state index is 11.8. The molecule has 2 fully saturated rings. The number of aromatic nitrogens is 2. The number of piperidine rings is 1. The second-order valence-corrected chi connectivity index (χ2v) is 5.52. The molecule has 0 atom stereocenters. The molecule has 1 saturated carbocycles. The standard InChI is InChI=1S/C14H21N3O/c18-13-10-12(11-6-2-3-7-11)15-14(16-13)17-8-4-1-5-9-17/h10-11H,1-9H2,(H,15,16,18). The van der Waals surface area contributed by atoms with E-state index in [1.807, 2.05) is 0 Å². The molecule has 0 aromatic carbocycles. The molecule has 0 amide bonds. The lowest BCUT2D eigenvalue weighted by atomic mass is 10.0. The number of rotatable bonds is 2. The third kappa shape index (κ3) is 2.42. The smallest absolute Gasteiger partial charge is 0.252 e. The number of nitrogens with one attached hydrogen (secondary N) is 1. The van der Waals surface area contributed by atoms with Gasteiger partial charge >= 0.3 is 0 Å². The third-order valence-corrected chi connectivity index (χ3v) is 4.18. The van der Waals surface area contributed by atoms with Gasteiger partial charge in [-0.2, -0.15) is 0 Å². The van der Waals surface area contributed by atoms with Crippen LogP contribution in [0.1, 0.15) is 56.6 Å². The first-order valence-corrected chi connectivity index (χ1v) is 7.19. The highest BCUT2D eigenvalue weighted by Crippen LogP contribution is 2.32. The monoisotopic (exact) mass is 247 g/mol. The van der Waals surface area contributed by atoms with Crippen LogP contribution >= 0.6 is 0 Å². The number of hydrogen-bond donors (Lipinski definition) is 1. The summed E-state index contributed by atoms with van der Waals surface area (Å²) in [6, 6.07) is 1.70. The minimum absolute atomic E-state index is 0.00692. The fourth-order valence-corrected chi connectivity index (χ4v) is 3.15. The molecule has 1 aliphatic heterocycles. The Kier molecular flexibility index (Phi) is 3.35. The molecular formula is C14H21N3O. The van der Waals surface area contributed by atoms with E-state index < -0.39 is 0 Å². The molecular weight excluding hydrogens is 226 g/mol. The lowest BCUT2D eigenvalue weighted by molar-refractivity contribution is 0.564. The van der Waals surface area contributed by atoms with Gasteiger partial charge in [-0.3, -0.25) is 9.78 Å². The Morgan fingerprint density at radius 1 is 1.11 bits per heavy atom. The molecule has 1 aromatic heterocycles. The molecule has 2 heterocycles. The molecule has 2 aliphatic rings. The van der Waals surface area contributed by atoms with E-state index in [1.165, 1.54) is 44.9 Å². The lowest BCUT2D eigenvalue weighted by Gasteiger charge is -2.27. The number of nitrogens with zero attached hydrogens (tertiary/aromatic N) is 2. The number of H-pyrrole nitrogens is 1. The minimum Gasteiger partial charge on any atom is -0.342 e. The van der Waals surface area contributed by atoms with Gasteiger partial charge in [0.05, 0.1) is 5.69 Å². The van der Waals surface area contributed by atoms with Crippen molar-refractivity contribution in [1.82, 2.24) is 9.97 Å². The van der Waals surface area contributed by atoms with E-state index in [0.29, 0.717) is 5.92 Å². The quantitative estimate of drug-likeness (QED) is 0.873. The van der Waals surface area contributed by atoms with Gasteiger partial charge in [0, 0.05) is 25.1 Å². The van der Waals surface area contributed by atoms with Crippen LogP contribution in [-0.2, 0) is 0 Å². The molecule has 4 nitrogen and oxygen atoms in total. The van der Waals surface area contributed by atoms with Crippen molar-refractivity contribution >= 4 is 5.95 Å².